The Morgan fingerprint density at radius 2 is 2.00 bits per heavy atom. The molecule has 1 unspecified atom stereocenters. The van der Waals surface area contributed by atoms with Gasteiger partial charge in [0.15, 0.2) is 0 Å². The van der Waals surface area contributed by atoms with Crippen molar-refractivity contribution in [3.05, 3.63) is 33.9 Å². The molecule has 0 fully saturated rings. The van der Waals surface area contributed by atoms with Crippen LogP contribution in [0.5, 0.6) is 5.75 Å². The van der Waals surface area contributed by atoms with Gasteiger partial charge in [0.1, 0.15) is 5.75 Å². The van der Waals surface area contributed by atoms with Gasteiger partial charge in [-0.15, -0.1) is 0 Å². The number of benzene rings is 1. The summed E-state index contributed by atoms with van der Waals surface area (Å²) in [6.45, 7) is 3.90. The summed E-state index contributed by atoms with van der Waals surface area (Å²) in [6.07, 6.45) is -5.92. The third-order valence-corrected chi connectivity index (χ3v) is 3.53. The molecule has 1 atom stereocenters. The van der Waals surface area contributed by atoms with Crippen molar-refractivity contribution in [3.63, 3.8) is 0 Å². The molecule has 1 aliphatic heterocycles. The van der Waals surface area contributed by atoms with Crippen LogP contribution in [0.3, 0.4) is 0 Å². The number of alkyl halides is 3. The van der Waals surface area contributed by atoms with Crippen LogP contribution in [0.2, 0.25) is 5.02 Å². The van der Waals surface area contributed by atoms with Gasteiger partial charge < -0.3 is 14.6 Å². The molecule has 3 nitrogen and oxygen atoms in total. The van der Waals surface area contributed by atoms with Crippen molar-refractivity contribution in [2.45, 2.75) is 32.5 Å². The van der Waals surface area contributed by atoms with Gasteiger partial charge in [-0.25, -0.2) is 0 Å². The first-order chi connectivity index (χ1) is 10.1. The summed E-state index contributed by atoms with van der Waals surface area (Å²) in [5.74, 6) is -1.70. The van der Waals surface area contributed by atoms with Gasteiger partial charge in [0.2, 0.25) is 6.10 Å². The second-order valence-corrected chi connectivity index (χ2v) is 5.91. The van der Waals surface area contributed by atoms with Crippen LogP contribution in [-0.4, -0.2) is 18.2 Å². The third kappa shape index (κ3) is 4.66. The maximum Gasteiger partial charge on any atom is 1.00 e. The Labute approximate surface area is 158 Å². The zero-order chi connectivity index (χ0) is 16.7. The smallest absolute Gasteiger partial charge is 0.545 e. The second-order valence-electron chi connectivity index (χ2n) is 5.51. The van der Waals surface area contributed by atoms with Crippen molar-refractivity contribution in [1.29, 1.82) is 0 Å². The van der Waals surface area contributed by atoms with Crippen molar-refractivity contribution >= 4 is 23.6 Å². The number of hydrogen-bond donors (Lipinski definition) is 0. The molecule has 1 aromatic carbocycles. The maximum atomic E-state index is 13.0. The Hall–Kier alpha value is -0.690. The summed E-state index contributed by atoms with van der Waals surface area (Å²) < 4.78 is 43.7. The molecule has 2 rings (SSSR count). The van der Waals surface area contributed by atoms with Gasteiger partial charge in [0, 0.05) is 16.2 Å². The van der Waals surface area contributed by atoms with Crippen LogP contribution in [0.4, 0.5) is 13.2 Å². The number of rotatable bonds is 3. The predicted octanol–water partition coefficient (Wildman–Crippen LogP) is -0.000900. The molecule has 0 radical (unpaired) electrons. The fraction of sp³-hybridized carbons (Fsp3) is 0.400. The van der Waals surface area contributed by atoms with E-state index >= 15 is 0 Å². The van der Waals surface area contributed by atoms with Crippen LogP contribution in [-0.2, 0) is 11.2 Å². The van der Waals surface area contributed by atoms with Crippen LogP contribution in [0, 0.1) is 5.92 Å². The number of carboxylic acid groups (broad SMARTS) is 1. The first kappa shape index (κ1) is 20.4. The Balaban J connectivity index is 0.00000264. The molecule has 120 valence electrons. The Morgan fingerprint density at radius 3 is 2.48 bits per heavy atom. The van der Waals surface area contributed by atoms with Gasteiger partial charge in [-0.3, -0.25) is 0 Å². The fourth-order valence-electron chi connectivity index (χ4n) is 2.26. The van der Waals surface area contributed by atoms with E-state index < -0.39 is 23.8 Å². The normalized spacial score (nSPS) is 17.0. The van der Waals surface area contributed by atoms with E-state index in [-0.39, 0.29) is 46.8 Å². The molecule has 0 aliphatic carbocycles. The summed E-state index contributed by atoms with van der Waals surface area (Å²) >= 11 is 6.09. The SMILES string of the molecule is CC(C)Cc1cc2c(cc1Cl)C=C(C(=O)[O-])C(C(F)(F)F)O2.[Na+]. The molecule has 1 heterocycles. The third-order valence-electron chi connectivity index (χ3n) is 3.18. The van der Waals surface area contributed by atoms with Crippen LogP contribution in [0.25, 0.3) is 6.08 Å². The van der Waals surface area contributed by atoms with E-state index in [1.165, 1.54) is 12.1 Å². The predicted molar refractivity (Wildman–Crippen MR) is 73.4 cm³/mol. The summed E-state index contributed by atoms with van der Waals surface area (Å²) in [5.41, 5.74) is -0.119. The number of fused-ring (bicyclic) bond motifs is 1. The van der Waals surface area contributed by atoms with Gasteiger partial charge in [-0.05, 0) is 36.1 Å². The largest absolute Gasteiger partial charge is 1.00 e. The number of halogens is 4. The molecule has 8 heteroatoms. The topological polar surface area (TPSA) is 49.4 Å². The van der Waals surface area contributed by atoms with Crippen molar-refractivity contribution in [2.24, 2.45) is 5.92 Å². The van der Waals surface area contributed by atoms with Crippen molar-refractivity contribution in [3.8, 4) is 5.75 Å². The molecule has 1 aliphatic rings. The van der Waals surface area contributed by atoms with E-state index in [9.17, 15) is 23.1 Å². The van der Waals surface area contributed by atoms with Gasteiger partial charge in [0.25, 0.3) is 0 Å². The van der Waals surface area contributed by atoms with Crippen LogP contribution >= 0.6 is 11.6 Å². The average Bonchev–Trinajstić information content (AvgIpc) is 2.36. The summed E-state index contributed by atoms with van der Waals surface area (Å²) in [6, 6.07) is 2.84. The Bertz CT molecular complexity index is 642. The number of hydrogen-bond acceptors (Lipinski definition) is 3. The van der Waals surface area contributed by atoms with E-state index in [4.69, 9.17) is 16.3 Å². The molecule has 23 heavy (non-hydrogen) atoms. The monoisotopic (exact) mass is 356 g/mol. The van der Waals surface area contributed by atoms with E-state index in [1.807, 2.05) is 13.8 Å². The standard InChI is InChI=1S/C15H14ClF3O3.Na/c1-7(2)3-8-6-12-9(5-11(8)16)4-10(14(20)21)13(22-12)15(17,18)19;/h4-7,13H,3H2,1-2H3,(H,20,21);/q;+1/p-1. The van der Waals surface area contributed by atoms with Crippen LogP contribution in [0.15, 0.2) is 17.7 Å². The molecule has 0 amide bonds. The fourth-order valence-corrected chi connectivity index (χ4v) is 2.51. The van der Waals surface area contributed by atoms with Gasteiger partial charge in [-0.2, -0.15) is 13.2 Å². The Morgan fingerprint density at radius 1 is 1.39 bits per heavy atom. The molecule has 0 spiro atoms. The minimum atomic E-state index is -4.85. The minimum absolute atomic E-state index is 0. The van der Waals surface area contributed by atoms with Gasteiger partial charge in [0.05, 0.1) is 5.97 Å². The van der Waals surface area contributed by atoms with E-state index in [0.29, 0.717) is 17.0 Å². The minimum Gasteiger partial charge on any atom is -0.545 e. The number of carbonyl (C=O) groups is 1. The van der Waals surface area contributed by atoms with Crippen molar-refractivity contribution in [1.82, 2.24) is 0 Å². The molecular formula is C15H13ClF3NaO3. The van der Waals surface area contributed by atoms with Crippen LogP contribution < -0.4 is 39.4 Å². The molecule has 0 bridgehead atoms. The quantitative estimate of drug-likeness (QED) is 0.716. The maximum absolute atomic E-state index is 13.0. The first-order valence-corrected chi connectivity index (χ1v) is 6.96. The molecule has 0 N–H and O–H groups in total. The van der Waals surface area contributed by atoms with Crippen molar-refractivity contribution < 1.29 is 57.4 Å². The second kappa shape index (κ2) is 7.47. The molecular weight excluding hydrogens is 344 g/mol. The summed E-state index contributed by atoms with van der Waals surface area (Å²) in [5, 5.41) is 11.3. The van der Waals surface area contributed by atoms with Gasteiger partial charge in [-0.1, -0.05) is 25.4 Å². The molecule has 1 aromatic rings. The summed E-state index contributed by atoms with van der Waals surface area (Å²) in [7, 11) is 0. The summed E-state index contributed by atoms with van der Waals surface area (Å²) in [4.78, 5) is 10.9. The molecule has 0 aromatic heterocycles. The zero-order valence-electron chi connectivity index (χ0n) is 12.8. The van der Waals surface area contributed by atoms with E-state index in [2.05, 4.69) is 0 Å². The number of aliphatic carboxylic acids is 1. The average molecular weight is 357 g/mol. The molecule has 0 saturated heterocycles. The van der Waals surface area contributed by atoms with Crippen molar-refractivity contribution in [2.75, 3.05) is 0 Å². The van der Waals surface area contributed by atoms with Gasteiger partial charge >= 0.3 is 35.7 Å². The van der Waals surface area contributed by atoms with E-state index in [1.54, 1.807) is 0 Å². The molecule has 0 saturated carbocycles. The van der Waals surface area contributed by atoms with Crippen LogP contribution in [0.1, 0.15) is 25.0 Å². The zero-order valence-corrected chi connectivity index (χ0v) is 15.6. The number of carboxylic acids is 1. The first-order valence-electron chi connectivity index (χ1n) is 6.58. The number of carbonyl (C=O) groups excluding carboxylic acids is 1. The number of ether oxygens (including phenoxy) is 1. The Kier molecular flexibility index (Phi) is 6.61. The van der Waals surface area contributed by atoms with E-state index in [0.717, 1.165) is 6.08 Å².